The molecule has 13 heteroatoms. The summed E-state index contributed by atoms with van der Waals surface area (Å²) in [5.74, 6) is 0. The van der Waals surface area contributed by atoms with Crippen LogP contribution in [0.25, 0.3) is 0 Å². The minimum Gasteiger partial charge on any atom is -0.391 e. The average molecular weight is 324 g/mol. The summed E-state index contributed by atoms with van der Waals surface area (Å²) in [6.07, 6.45) is -3.51. The summed E-state index contributed by atoms with van der Waals surface area (Å²) in [5, 5.41) is 18.8. The number of nitrogens with one attached hydrogen (secondary N) is 1. The van der Waals surface area contributed by atoms with Crippen LogP contribution in [0.2, 0.25) is 0 Å². The Morgan fingerprint density at radius 1 is 1.16 bits per heavy atom. The number of nitrogens with two attached hydrogens (primary N) is 1. The topological polar surface area (TPSA) is 196 Å². The van der Waals surface area contributed by atoms with Crippen molar-refractivity contribution in [3.05, 3.63) is 0 Å². The van der Waals surface area contributed by atoms with Gasteiger partial charge in [0.2, 0.25) is 0 Å². The van der Waals surface area contributed by atoms with E-state index < -0.39 is 52.0 Å². The van der Waals surface area contributed by atoms with E-state index in [1.165, 1.54) is 0 Å². The molecule has 0 aromatic rings. The highest BCUT2D eigenvalue weighted by Crippen LogP contribution is 2.05. The molecule has 3 atom stereocenters. The molecule has 0 saturated heterocycles. The number of aliphatic hydroxyl groups is 2. The Morgan fingerprint density at radius 2 is 1.68 bits per heavy atom. The van der Waals surface area contributed by atoms with E-state index in [0.717, 1.165) is 0 Å². The van der Waals surface area contributed by atoms with E-state index in [9.17, 15) is 27.0 Å². The maximum absolute atomic E-state index is 10.5. The highest BCUT2D eigenvalue weighted by atomic mass is 32.3. The standard InChI is InChI=1S/C6H16N2O9S2/c7-2-5(8-18(11,12)13)6(10)1-4(9)3-17-19(14,15)16/h4-6,8-10H,1-3,7H2,(H,11,12,13)(H,14,15,16). The quantitative estimate of drug-likeness (QED) is 0.233. The normalized spacial score (nSPS) is 17.9. The smallest absolute Gasteiger partial charge is 0.391 e. The van der Waals surface area contributed by atoms with E-state index in [0.29, 0.717) is 0 Å². The maximum Gasteiger partial charge on any atom is 0.397 e. The van der Waals surface area contributed by atoms with Crippen LogP contribution in [-0.2, 0) is 24.9 Å². The first-order chi connectivity index (χ1) is 8.44. The van der Waals surface area contributed by atoms with Crippen LogP contribution in [0.3, 0.4) is 0 Å². The lowest BCUT2D eigenvalue weighted by atomic mass is 10.1. The third-order valence-electron chi connectivity index (χ3n) is 1.94. The first kappa shape index (κ1) is 18.6. The Labute approximate surface area is 110 Å². The fourth-order valence-electron chi connectivity index (χ4n) is 1.15. The van der Waals surface area contributed by atoms with E-state index in [2.05, 4.69) is 4.18 Å². The van der Waals surface area contributed by atoms with Gasteiger partial charge in [0, 0.05) is 13.0 Å². The van der Waals surface area contributed by atoms with E-state index in [-0.39, 0.29) is 6.54 Å². The summed E-state index contributed by atoms with van der Waals surface area (Å²) >= 11 is 0. The Bertz CT molecular complexity index is 461. The first-order valence-corrected chi connectivity index (χ1v) is 7.68. The highest BCUT2D eigenvalue weighted by molar-refractivity contribution is 7.83. The molecule has 0 rings (SSSR count). The number of aliphatic hydroxyl groups excluding tert-OH is 2. The minimum absolute atomic E-state index is 0.382. The lowest BCUT2D eigenvalue weighted by Gasteiger charge is -2.22. The fraction of sp³-hybridized carbons (Fsp3) is 1.00. The van der Waals surface area contributed by atoms with Gasteiger partial charge in [-0.05, 0) is 0 Å². The van der Waals surface area contributed by atoms with Crippen LogP contribution in [0, 0.1) is 0 Å². The molecule has 0 amide bonds. The molecule has 0 fully saturated rings. The molecule has 0 bridgehead atoms. The lowest BCUT2D eigenvalue weighted by molar-refractivity contribution is 0.0358. The van der Waals surface area contributed by atoms with Gasteiger partial charge in [0.25, 0.3) is 0 Å². The van der Waals surface area contributed by atoms with Crippen molar-refractivity contribution in [2.75, 3.05) is 13.2 Å². The second-order valence-corrected chi connectivity index (χ2v) is 5.88. The van der Waals surface area contributed by atoms with Crippen molar-refractivity contribution in [1.29, 1.82) is 0 Å². The van der Waals surface area contributed by atoms with E-state index in [1.807, 2.05) is 0 Å². The molecule has 0 aliphatic carbocycles. The SMILES string of the molecule is NCC(NS(=O)(=O)O)C(O)CC(O)COS(=O)(=O)O. The Morgan fingerprint density at radius 3 is 2.05 bits per heavy atom. The number of hydrogen-bond acceptors (Lipinski definition) is 8. The molecule has 19 heavy (non-hydrogen) atoms. The molecular formula is C6H16N2O9S2. The second kappa shape index (κ2) is 7.41. The molecule has 7 N–H and O–H groups in total. The molecule has 3 unspecified atom stereocenters. The van der Waals surface area contributed by atoms with Gasteiger partial charge in [0.05, 0.1) is 24.9 Å². The van der Waals surface area contributed by atoms with Crippen molar-refractivity contribution in [3.63, 3.8) is 0 Å². The van der Waals surface area contributed by atoms with Gasteiger partial charge >= 0.3 is 20.7 Å². The predicted molar refractivity (Wildman–Crippen MR) is 61.7 cm³/mol. The van der Waals surface area contributed by atoms with Gasteiger partial charge in [0.1, 0.15) is 0 Å². The Hall–Kier alpha value is -0.380. The average Bonchev–Trinajstić information content (AvgIpc) is 2.20. The van der Waals surface area contributed by atoms with Crippen LogP contribution in [0.4, 0.5) is 0 Å². The summed E-state index contributed by atoms with van der Waals surface area (Å²) in [6.45, 7) is -1.22. The molecule has 0 radical (unpaired) electrons. The van der Waals surface area contributed by atoms with Gasteiger partial charge in [0.15, 0.2) is 0 Å². The lowest BCUT2D eigenvalue weighted by Crippen LogP contribution is -2.49. The molecule has 0 spiro atoms. The van der Waals surface area contributed by atoms with Crippen LogP contribution in [0.1, 0.15) is 6.42 Å². The molecule has 116 valence electrons. The van der Waals surface area contributed by atoms with Crippen LogP contribution < -0.4 is 10.5 Å². The molecule has 0 aromatic heterocycles. The Kier molecular flexibility index (Phi) is 7.27. The zero-order chi connectivity index (χ0) is 15.3. The third-order valence-corrected chi connectivity index (χ3v) is 2.98. The maximum atomic E-state index is 10.5. The second-order valence-electron chi connectivity index (χ2n) is 3.60. The Balaban J connectivity index is 4.36. The summed E-state index contributed by atoms with van der Waals surface area (Å²) in [6, 6.07) is -1.28. The first-order valence-electron chi connectivity index (χ1n) is 4.87. The molecule has 11 nitrogen and oxygen atoms in total. The zero-order valence-corrected chi connectivity index (χ0v) is 11.2. The molecule has 0 aliphatic rings. The van der Waals surface area contributed by atoms with Gasteiger partial charge in [-0.1, -0.05) is 0 Å². The zero-order valence-electron chi connectivity index (χ0n) is 9.58. The van der Waals surface area contributed by atoms with E-state index in [1.54, 1.807) is 4.72 Å². The van der Waals surface area contributed by atoms with Crippen molar-refractivity contribution in [2.24, 2.45) is 5.73 Å². The largest absolute Gasteiger partial charge is 0.397 e. The van der Waals surface area contributed by atoms with Gasteiger partial charge in [-0.2, -0.15) is 21.6 Å². The monoisotopic (exact) mass is 324 g/mol. The van der Waals surface area contributed by atoms with Gasteiger partial charge in [-0.25, -0.2) is 4.18 Å². The number of hydrogen-bond donors (Lipinski definition) is 6. The van der Waals surface area contributed by atoms with Crippen molar-refractivity contribution >= 4 is 20.7 Å². The molecular weight excluding hydrogens is 308 g/mol. The molecule has 0 saturated carbocycles. The molecule has 0 aromatic carbocycles. The molecule has 0 heterocycles. The van der Waals surface area contributed by atoms with Crippen molar-refractivity contribution in [1.82, 2.24) is 4.72 Å². The minimum atomic E-state index is -4.73. The summed E-state index contributed by atoms with van der Waals surface area (Å²) in [7, 11) is -9.32. The summed E-state index contributed by atoms with van der Waals surface area (Å²) < 4.78 is 63.7. The highest BCUT2D eigenvalue weighted by Gasteiger charge is 2.25. The van der Waals surface area contributed by atoms with E-state index >= 15 is 0 Å². The summed E-state index contributed by atoms with van der Waals surface area (Å²) in [5.41, 5.74) is 5.15. The van der Waals surface area contributed by atoms with Crippen molar-refractivity contribution in [3.8, 4) is 0 Å². The summed E-state index contributed by atoms with van der Waals surface area (Å²) in [4.78, 5) is 0. The van der Waals surface area contributed by atoms with Crippen LogP contribution >= 0.6 is 0 Å². The predicted octanol–water partition coefficient (Wildman–Crippen LogP) is -3.36. The van der Waals surface area contributed by atoms with E-state index in [4.69, 9.17) is 14.8 Å². The van der Waals surface area contributed by atoms with Gasteiger partial charge < -0.3 is 15.9 Å². The van der Waals surface area contributed by atoms with Crippen LogP contribution in [0.15, 0.2) is 0 Å². The van der Waals surface area contributed by atoms with Crippen molar-refractivity contribution < 1.29 is 40.3 Å². The van der Waals surface area contributed by atoms with Crippen molar-refractivity contribution in [2.45, 2.75) is 24.7 Å². The third kappa shape index (κ3) is 10.1. The number of rotatable bonds is 9. The fourth-order valence-corrected chi connectivity index (χ4v) is 2.12. The van der Waals surface area contributed by atoms with Crippen LogP contribution in [-0.4, -0.2) is 67.6 Å². The molecule has 0 aliphatic heterocycles. The van der Waals surface area contributed by atoms with Gasteiger partial charge in [-0.3, -0.25) is 9.11 Å². The van der Waals surface area contributed by atoms with Gasteiger partial charge in [-0.15, -0.1) is 0 Å². The van der Waals surface area contributed by atoms with Crippen LogP contribution in [0.5, 0.6) is 0 Å².